The average Bonchev–Trinajstić information content (AvgIpc) is 2.08. The minimum Gasteiger partial charge on any atom is -0.872 e. The first-order chi connectivity index (χ1) is 6.09. The number of carboxylic acids is 1. The van der Waals surface area contributed by atoms with Gasteiger partial charge in [0.2, 0.25) is 0 Å². The molecule has 0 amide bonds. The Kier molecular flexibility index (Phi) is 10.2. The number of hydrogen-bond donors (Lipinski definition) is 1. The van der Waals surface area contributed by atoms with Crippen LogP contribution in [0.25, 0.3) is 0 Å². The molecule has 0 aliphatic heterocycles. The van der Waals surface area contributed by atoms with Gasteiger partial charge < -0.3 is 20.7 Å². The van der Waals surface area contributed by atoms with Crippen molar-refractivity contribution in [3.63, 3.8) is 0 Å². The number of rotatable bonds is 3. The van der Waals surface area contributed by atoms with E-state index >= 15 is 0 Å². The molecule has 0 saturated heterocycles. The number of nitrogens with two attached hydrogens (primary N) is 1. The van der Waals surface area contributed by atoms with Gasteiger partial charge >= 0.3 is 59.1 Å². The standard InChI is InChI=1S/C9H11NO3.2Na/c10-8(9(12)13)5-6-1-3-7(11)4-2-6;;/h1-4,8,11H,5,10H2,(H,12,13);;/q;2*+1/p-2/t8-;;/m1../s1. The van der Waals surface area contributed by atoms with Crippen LogP contribution in [0.3, 0.4) is 0 Å². The summed E-state index contributed by atoms with van der Waals surface area (Å²) in [5, 5.41) is 21.0. The Morgan fingerprint density at radius 3 is 2.13 bits per heavy atom. The number of benzene rings is 1. The van der Waals surface area contributed by atoms with Crippen molar-refractivity contribution < 1.29 is 74.1 Å². The number of carboxylic acid groups (broad SMARTS) is 1. The van der Waals surface area contributed by atoms with Crippen molar-refractivity contribution in [3.05, 3.63) is 29.8 Å². The van der Waals surface area contributed by atoms with E-state index in [4.69, 9.17) is 5.73 Å². The van der Waals surface area contributed by atoms with Crippen LogP contribution in [-0.4, -0.2) is 12.0 Å². The molecule has 1 atom stereocenters. The first kappa shape index (κ1) is 17.8. The zero-order chi connectivity index (χ0) is 9.84. The summed E-state index contributed by atoms with van der Waals surface area (Å²) in [5.41, 5.74) is 5.97. The van der Waals surface area contributed by atoms with E-state index in [0.717, 1.165) is 5.56 Å². The van der Waals surface area contributed by atoms with Crippen molar-refractivity contribution in [1.82, 2.24) is 0 Å². The van der Waals surface area contributed by atoms with Gasteiger partial charge in [-0.05, 0) is 12.0 Å². The van der Waals surface area contributed by atoms with E-state index in [9.17, 15) is 15.0 Å². The molecule has 0 aliphatic rings. The maximum absolute atomic E-state index is 10.7. The monoisotopic (exact) mass is 225 g/mol. The Morgan fingerprint density at radius 1 is 1.27 bits per heavy atom. The normalized spacial score (nSPS) is 10.7. The number of carbonyl (C=O) groups is 1. The predicted molar refractivity (Wildman–Crippen MR) is 42.6 cm³/mol. The molecule has 0 radical (unpaired) electrons. The summed E-state index contributed by atoms with van der Waals surface area (Å²) >= 11 is 0. The molecule has 1 aromatic rings. The fourth-order valence-corrected chi connectivity index (χ4v) is 0.963. The van der Waals surface area contributed by atoms with E-state index in [1.165, 1.54) is 12.1 Å². The van der Waals surface area contributed by atoms with Gasteiger partial charge in [0.15, 0.2) is 0 Å². The van der Waals surface area contributed by atoms with Crippen molar-refractivity contribution >= 4 is 5.97 Å². The van der Waals surface area contributed by atoms with Gasteiger partial charge in [-0.15, -0.1) is 5.75 Å². The Labute approximate surface area is 132 Å². The molecule has 70 valence electrons. The molecule has 0 saturated carbocycles. The maximum Gasteiger partial charge on any atom is 1.00 e. The minimum atomic E-state index is -1.29. The zero-order valence-electron chi connectivity index (χ0n) is 8.90. The molecule has 0 heterocycles. The van der Waals surface area contributed by atoms with E-state index < -0.39 is 12.0 Å². The molecule has 0 aliphatic carbocycles. The molecule has 0 spiro atoms. The first-order valence-electron chi connectivity index (χ1n) is 3.82. The molecule has 0 bridgehead atoms. The van der Waals surface area contributed by atoms with Gasteiger partial charge in [0, 0.05) is 6.04 Å². The van der Waals surface area contributed by atoms with Crippen LogP contribution in [-0.2, 0) is 11.2 Å². The van der Waals surface area contributed by atoms with Crippen LogP contribution >= 0.6 is 0 Å². The Balaban J connectivity index is 0. The summed E-state index contributed by atoms with van der Waals surface area (Å²) in [6, 6.07) is 4.85. The van der Waals surface area contributed by atoms with Crippen LogP contribution in [0.1, 0.15) is 5.56 Å². The van der Waals surface area contributed by atoms with Crippen LogP contribution in [0.15, 0.2) is 24.3 Å². The Morgan fingerprint density at radius 2 is 1.73 bits per heavy atom. The quantitative estimate of drug-likeness (QED) is 0.517. The predicted octanol–water partition coefficient (Wildman–Crippen LogP) is -7.61. The topological polar surface area (TPSA) is 89.2 Å². The van der Waals surface area contributed by atoms with E-state index in [2.05, 4.69) is 0 Å². The molecular weight excluding hydrogens is 216 g/mol. The van der Waals surface area contributed by atoms with E-state index in [-0.39, 0.29) is 71.3 Å². The van der Waals surface area contributed by atoms with Crippen molar-refractivity contribution in [1.29, 1.82) is 0 Å². The molecule has 15 heavy (non-hydrogen) atoms. The first-order valence-corrected chi connectivity index (χ1v) is 3.82. The molecule has 4 nitrogen and oxygen atoms in total. The van der Waals surface area contributed by atoms with Gasteiger partial charge in [-0.2, -0.15) is 0 Å². The minimum absolute atomic E-state index is 0. The second kappa shape index (κ2) is 8.58. The van der Waals surface area contributed by atoms with E-state index in [1.807, 2.05) is 0 Å². The van der Waals surface area contributed by atoms with Crippen LogP contribution in [0.2, 0.25) is 0 Å². The number of aliphatic carboxylic acids is 1. The summed E-state index contributed by atoms with van der Waals surface area (Å²) in [4.78, 5) is 10.3. The summed E-state index contributed by atoms with van der Waals surface area (Å²) in [5.74, 6) is -1.39. The summed E-state index contributed by atoms with van der Waals surface area (Å²) in [7, 11) is 0. The molecule has 1 aromatic carbocycles. The summed E-state index contributed by atoms with van der Waals surface area (Å²) in [6.45, 7) is 0. The van der Waals surface area contributed by atoms with Gasteiger partial charge in [-0.3, -0.25) is 0 Å². The second-order valence-corrected chi connectivity index (χ2v) is 2.77. The molecule has 0 fully saturated rings. The van der Waals surface area contributed by atoms with E-state index in [1.54, 1.807) is 12.1 Å². The Hall–Kier alpha value is 0.450. The third-order valence-corrected chi connectivity index (χ3v) is 1.68. The molecule has 1 rings (SSSR count). The molecular formula is C9H9NNa2O3. The van der Waals surface area contributed by atoms with Gasteiger partial charge in [0.05, 0.1) is 5.97 Å². The van der Waals surface area contributed by atoms with Gasteiger partial charge in [-0.25, -0.2) is 0 Å². The van der Waals surface area contributed by atoms with E-state index in [0.29, 0.717) is 0 Å². The average molecular weight is 225 g/mol. The number of carbonyl (C=O) groups excluding carboxylic acids is 1. The SMILES string of the molecule is N[C@H](Cc1ccc([O-])cc1)C(=O)[O-].[Na+].[Na+]. The van der Waals surface area contributed by atoms with Crippen molar-refractivity contribution in [2.45, 2.75) is 12.5 Å². The largest absolute Gasteiger partial charge is 1.00 e. The van der Waals surface area contributed by atoms with Crippen molar-refractivity contribution in [3.8, 4) is 5.75 Å². The van der Waals surface area contributed by atoms with Gasteiger partial charge in [0.25, 0.3) is 0 Å². The third-order valence-electron chi connectivity index (χ3n) is 1.68. The molecule has 0 aromatic heterocycles. The molecule has 2 N–H and O–H groups in total. The van der Waals surface area contributed by atoms with Gasteiger partial charge in [-0.1, -0.05) is 24.3 Å². The van der Waals surface area contributed by atoms with Crippen LogP contribution < -0.4 is 75.1 Å². The fourth-order valence-electron chi connectivity index (χ4n) is 0.963. The number of hydrogen-bond acceptors (Lipinski definition) is 4. The van der Waals surface area contributed by atoms with Crippen LogP contribution in [0.4, 0.5) is 0 Å². The molecule has 6 heteroatoms. The fraction of sp³-hybridized carbons (Fsp3) is 0.222. The maximum atomic E-state index is 10.7. The van der Waals surface area contributed by atoms with Crippen LogP contribution in [0.5, 0.6) is 5.75 Å². The summed E-state index contributed by atoms with van der Waals surface area (Å²) < 4.78 is 0. The second-order valence-electron chi connectivity index (χ2n) is 2.77. The van der Waals surface area contributed by atoms with Crippen molar-refractivity contribution in [2.75, 3.05) is 0 Å². The van der Waals surface area contributed by atoms with Gasteiger partial charge in [0.1, 0.15) is 0 Å². The molecule has 0 unspecified atom stereocenters. The zero-order valence-corrected chi connectivity index (χ0v) is 12.9. The Bertz CT molecular complexity index is 303. The van der Waals surface area contributed by atoms with Crippen molar-refractivity contribution in [2.24, 2.45) is 5.73 Å². The summed E-state index contributed by atoms with van der Waals surface area (Å²) in [6.07, 6.45) is 0.183. The smallest absolute Gasteiger partial charge is 0.872 e. The third kappa shape index (κ3) is 6.58. The van der Waals surface area contributed by atoms with Crippen LogP contribution in [0, 0.1) is 0 Å².